The van der Waals surface area contributed by atoms with Crippen molar-refractivity contribution in [1.29, 1.82) is 0 Å². The summed E-state index contributed by atoms with van der Waals surface area (Å²) >= 11 is 4.72. The summed E-state index contributed by atoms with van der Waals surface area (Å²) in [6, 6.07) is 1.70. The van der Waals surface area contributed by atoms with Crippen LogP contribution in [0.4, 0.5) is 0 Å². The molecule has 0 amide bonds. The molecule has 7 heteroatoms. The number of halogens is 1. The molecule has 0 aliphatic heterocycles. The standard InChI is InChI=1S/C9H15BrN2O2S2/c1-3-4-12-16(13,14)8-5-7(6-11-2)15-9(8)10/h5,11-12H,3-4,6H2,1-2H3. The average Bonchev–Trinajstić information content (AvgIpc) is 2.58. The topological polar surface area (TPSA) is 58.2 Å². The Morgan fingerprint density at radius 2 is 2.19 bits per heavy atom. The van der Waals surface area contributed by atoms with Gasteiger partial charge in [-0.3, -0.25) is 0 Å². The molecular weight excluding hydrogens is 312 g/mol. The fourth-order valence-corrected chi connectivity index (χ4v) is 4.98. The summed E-state index contributed by atoms with van der Waals surface area (Å²) in [5.74, 6) is 0. The Morgan fingerprint density at radius 1 is 1.50 bits per heavy atom. The Morgan fingerprint density at radius 3 is 2.75 bits per heavy atom. The molecule has 16 heavy (non-hydrogen) atoms. The Labute approximate surface area is 109 Å². The Hall–Kier alpha value is 0.0500. The van der Waals surface area contributed by atoms with Gasteiger partial charge in [0.15, 0.2) is 0 Å². The van der Waals surface area contributed by atoms with Crippen molar-refractivity contribution in [3.63, 3.8) is 0 Å². The monoisotopic (exact) mass is 326 g/mol. The van der Waals surface area contributed by atoms with E-state index in [2.05, 4.69) is 26.0 Å². The largest absolute Gasteiger partial charge is 0.315 e. The van der Waals surface area contributed by atoms with E-state index in [-0.39, 0.29) is 0 Å². The van der Waals surface area contributed by atoms with Crippen molar-refractivity contribution in [3.8, 4) is 0 Å². The van der Waals surface area contributed by atoms with Crippen LogP contribution in [0.3, 0.4) is 0 Å². The maximum atomic E-state index is 11.9. The van der Waals surface area contributed by atoms with Crippen LogP contribution in [0.5, 0.6) is 0 Å². The molecule has 0 aliphatic rings. The van der Waals surface area contributed by atoms with Crippen molar-refractivity contribution in [1.82, 2.24) is 10.0 Å². The molecule has 4 nitrogen and oxygen atoms in total. The van der Waals surface area contributed by atoms with Crippen LogP contribution in [0.2, 0.25) is 0 Å². The van der Waals surface area contributed by atoms with Gasteiger partial charge in [-0.05, 0) is 35.5 Å². The lowest BCUT2D eigenvalue weighted by Crippen LogP contribution is -2.24. The minimum absolute atomic E-state index is 0.330. The molecule has 92 valence electrons. The van der Waals surface area contributed by atoms with E-state index in [1.165, 1.54) is 11.3 Å². The second-order valence-electron chi connectivity index (χ2n) is 3.28. The molecule has 0 saturated heterocycles. The molecule has 0 unspecified atom stereocenters. The van der Waals surface area contributed by atoms with Crippen molar-refractivity contribution in [2.45, 2.75) is 24.8 Å². The SMILES string of the molecule is CCCNS(=O)(=O)c1cc(CNC)sc1Br. The predicted molar refractivity (Wildman–Crippen MR) is 70.3 cm³/mol. The van der Waals surface area contributed by atoms with Gasteiger partial charge in [0, 0.05) is 18.0 Å². The normalized spacial score (nSPS) is 11.9. The van der Waals surface area contributed by atoms with Gasteiger partial charge in [-0.2, -0.15) is 0 Å². The number of hydrogen-bond acceptors (Lipinski definition) is 4. The number of hydrogen-bond donors (Lipinski definition) is 2. The Kier molecular flexibility index (Phi) is 5.39. The smallest absolute Gasteiger partial charge is 0.242 e. The molecule has 0 aliphatic carbocycles. The van der Waals surface area contributed by atoms with E-state index in [9.17, 15) is 8.42 Å². The highest BCUT2D eigenvalue weighted by molar-refractivity contribution is 9.11. The zero-order chi connectivity index (χ0) is 12.2. The molecule has 0 radical (unpaired) electrons. The summed E-state index contributed by atoms with van der Waals surface area (Å²) in [5, 5.41) is 2.99. The van der Waals surface area contributed by atoms with Gasteiger partial charge in [0.05, 0.1) is 3.79 Å². The van der Waals surface area contributed by atoms with Gasteiger partial charge in [-0.15, -0.1) is 11.3 Å². The summed E-state index contributed by atoms with van der Waals surface area (Å²) in [5.41, 5.74) is 0. The van der Waals surface area contributed by atoms with E-state index in [1.54, 1.807) is 6.07 Å². The van der Waals surface area contributed by atoms with Crippen LogP contribution in [0.25, 0.3) is 0 Å². The summed E-state index contributed by atoms with van der Waals surface area (Å²) < 4.78 is 27.0. The summed E-state index contributed by atoms with van der Waals surface area (Å²) in [6.45, 7) is 3.07. The molecule has 2 N–H and O–H groups in total. The Balaban J connectivity index is 2.94. The highest BCUT2D eigenvalue weighted by Crippen LogP contribution is 2.31. The minimum Gasteiger partial charge on any atom is -0.315 e. The number of thiophene rings is 1. The third kappa shape index (κ3) is 3.53. The van der Waals surface area contributed by atoms with Gasteiger partial charge in [0.2, 0.25) is 10.0 Å². The van der Waals surface area contributed by atoms with E-state index >= 15 is 0 Å². The zero-order valence-electron chi connectivity index (χ0n) is 9.21. The highest BCUT2D eigenvalue weighted by atomic mass is 79.9. The quantitative estimate of drug-likeness (QED) is 0.839. The molecule has 1 rings (SSSR count). The van der Waals surface area contributed by atoms with E-state index < -0.39 is 10.0 Å². The van der Waals surface area contributed by atoms with Gasteiger partial charge in [0.1, 0.15) is 4.90 Å². The van der Waals surface area contributed by atoms with Crippen molar-refractivity contribution >= 4 is 37.3 Å². The van der Waals surface area contributed by atoms with Crippen LogP contribution < -0.4 is 10.0 Å². The molecular formula is C9H15BrN2O2S2. The molecule has 1 heterocycles. The average molecular weight is 327 g/mol. The molecule has 1 aromatic rings. The summed E-state index contributed by atoms with van der Waals surface area (Å²) in [4.78, 5) is 1.32. The third-order valence-corrected chi connectivity index (χ3v) is 5.60. The van der Waals surface area contributed by atoms with Crippen molar-refractivity contribution in [2.24, 2.45) is 0 Å². The fourth-order valence-electron chi connectivity index (χ4n) is 1.16. The molecule has 0 spiro atoms. The molecule has 0 saturated carbocycles. The fraction of sp³-hybridized carbons (Fsp3) is 0.556. The van der Waals surface area contributed by atoms with E-state index in [4.69, 9.17) is 0 Å². The molecule has 0 atom stereocenters. The lowest BCUT2D eigenvalue weighted by molar-refractivity contribution is 0.580. The lowest BCUT2D eigenvalue weighted by Gasteiger charge is -2.03. The van der Waals surface area contributed by atoms with Gasteiger partial charge in [0.25, 0.3) is 0 Å². The first-order valence-corrected chi connectivity index (χ1v) is 8.03. The maximum Gasteiger partial charge on any atom is 0.242 e. The number of rotatable bonds is 6. The molecule has 0 aromatic carbocycles. The van der Waals surface area contributed by atoms with Gasteiger partial charge < -0.3 is 5.32 Å². The summed E-state index contributed by atoms with van der Waals surface area (Å²) in [6.07, 6.45) is 0.782. The minimum atomic E-state index is -3.36. The number of sulfonamides is 1. The van der Waals surface area contributed by atoms with E-state index in [0.717, 1.165) is 11.3 Å². The number of nitrogens with one attached hydrogen (secondary N) is 2. The van der Waals surface area contributed by atoms with Crippen LogP contribution in [-0.4, -0.2) is 22.0 Å². The van der Waals surface area contributed by atoms with Crippen LogP contribution in [0, 0.1) is 0 Å². The summed E-state index contributed by atoms with van der Waals surface area (Å²) in [7, 11) is -1.53. The lowest BCUT2D eigenvalue weighted by atomic mass is 10.5. The van der Waals surface area contributed by atoms with Crippen molar-refractivity contribution in [3.05, 3.63) is 14.7 Å². The second-order valence-corrected chi connectivity index (χ2v) is 7.47. The van der Waals surface area contributed by atoms with Crippen LogP contribution >= 0.6 is 27.3 Å². The van der Waals surface area contributed by atoms with Crippen LogP contribution in [0.15, 0.2) is 14.7 Å². The third-order valence-electron chi connectivity index (χ3n) is 1.89. The van der Waals surface area contributed by atoms with Gasteiger partial charge in [-0.25, -0.2) is 13.1 Å². The van der Waals surface area contributed by atoms with Gasteiger partial charge in [-0.1, -0.05) is 6.92 Å². The van der Waals surface area contributed by atoms with Crippen LogP contribution in [-0.2, 0) is 16.6 Å². The maximum absolute atomic E-state index is 11.9. The van der Waals surface area contributed by atoms with Crippen molar-refractivity contribution in [2.75, 3.05) is 13.6 Å². The predicted octanol–water partition coefficient (Wildman–Crippen LogP) is 1.92. The zero-order valence-corrected chi connectivity index (χ0v) is 12.4. The first kappa shape index (κ1) is 14.1. The first-order valence-electron chi connectivity index (χ1n) is 4.93. The van der Waals surface area contributed by atoms with Crippen LogP contribution in [0.1, 0.15) is 18.2 Å². The van der Waals surface area contributed by atoms with Crippen molar-refractivity contribution < 1.29 is 8.42 Å². The van der Waals surface area contributed by atoms with E-state index in [0.29, 0.717) is 21.8 Å². The Bertz CT molecular complexity index is 442. The first-order chi connectivity index (χ1) is 7.51. The van der Waals surface area contributed by atoms with Gasteiger partial charge >= 0.3 is 0 Å². The second kappa shape index (κ2) is 6.11. The molecule has 0 bridgehead atoms. The highest BCUT2D eigenvalue weighted by Gasteiger charge is 2.19. The van der Waals surface area contributed by atoms with E-state index in [1.807, 2.05) is 14.0 Å². The molecule has 1 aromatic heterocycles. The molecule has 0 fully saturated rings.